The Kier molecular flexibility index (Phi) is 5.06. The Morgan fingerprint density at radius 1 is 1.00 bits per heavy atom. The van der Waals surface area contributed by atoms with E-state index in [1.54, 1.807) is 36.4 Å². The van der Waals surface area contributed by atoms with Crippen LogP contribution in [0.1, 0.15) is 29.3 Å². The second-order valence-corrected chi connectivity index (χ2v) is 9.93. The maximum atomic E-state index is 12.6. The van der Waals surface area contributed by atoms with Crippen molar-refractivity contribution < 1.29 is 8.42 Å². The van der Waals surface area contributed by atoms with Gasteiger partial charge in [0.05, 0.1) is 15.8 Å². The molecule has 1 aromatic heterocycles. The third-order valence-corrected chi connectivity index (χ3v) is 7.40. The van der Waals surface area contributed by atoms with Crippen LogP contribution in [0, 0.1) is 6.92 Å². The van der Waals surface area contributed by atoms with E-state index < -0.39 is 10.0 Å². The van der Waals surface area contributed by atoms with Crippen molar-refractivity contribution in [3.05, 3.63) is 100 Å². The predicted octanol–water partition coefficient (Wildman–Crippen LogP) is 4.24. The lowest BCUT2D eigenvalue weighted by Crippen LogP contribution is -2.16. The summed E-state index contributed by atoms with van der Waals surface area (Å²) in [6.45, 7) is 2.75. The van der Waals surface area contributed by atoms with Crippen LogP contribution in [0.25, 0.3) is 10.9 Å². The number of rotatable bonds is 5. The van der Waals surface area contributed by atoms with E-state index >= 15 is 0 Å². The number of sulfonamides is 1. The molecule has 0 bridgehead atoms. The Bertz CT molecular complexity index is 1460. The molecule has 1 aliphatic rings. The van der Waals surface area contributed by atoms with Gasteiger partial charge in [-0.15, -0.1) is 0 Å². The van der Waals surface area contributed by atoms with E-state index in [0.29, 0.717) is 11.1 Å². The second-order valence-electron chi connectivity index (χ2n) is 8.25. The molecule has 0 aliphatic carbocycles. The van der Waals surface area contributed by atoms with Crippen LogP contribution in [0.2, 0.25) is 0 Å². The van der Waals surface area contributed by atoms with Crippen molar-refractivity contribution in [3.63, 3.8) is 0 Å². The van der Waals surface area contributed by atoms with Crippen LogP contribution in [-0.2, 0) is 23.0 Å². The summed E-state index contributed by atoms with van der Waals surface area (Å²) in [5.74, 6) is 0.986. The smallest absolute Gasteiger partial charge is 0.280 e. The molecule has 0 saturated heterocycles. The normalized spacial score (nSPS) is 15.6. The van der Waals surface area contributed by atoms with Crippen molar-refractivity contribution in [3.8, 4) is 0 Å². The number of anilines is 1. The maximum absolute atomic E-state index is 12.6. The van der Waals surface area contributed by atoms with Gasteiger partial charge >= 0.3 is 0 Å². The molecule has 5 rings (SSSR count). The summed E-state index contributed by atoms with van der Waals surface area (Å²) in [5, 5.41) is 0.655. The van der Waals surface area contributed by atoms with Crippen molar-refractivity contribution in [1.29, 1.82) is 0 Å². The lowest BCUT2D eigenvalue weighted by Gasteiger charge is -2.13. The van der Waals surface area contributed by atoms with E-state index in [1.165, 1.54) is 0 Å². The zero-order valence-corrected chi connectivity index (χ0v) is 18.5. The number of aromatic nitrogens is 2. The van der Waals surface area contributed by atoms with Gasteiger partial charge in [-0.3, -0.25) is 9.52 Å². The molecule has 1 unspecified atom stereocenters. The summed E-state index contributed by atoms with van der Waals surface area (Å²) in [7, 11) is -3.63. The molecule has 0 radical (unpaired) electrons. The van der Waals surface area contributed by atoms with Gasteiger partial charge in [-0.1, -0.05) is 42.0 Å². The first kappa shape index (κ1) is 20.5. The molecular formula is C25H23N3O3S. The Balaban J connectivity index is 1.34. The highest BCUT2D eigenvalue weighted by molar-refractivity contribution is 7.92. The van der Waals surface area contributed by atoms with Crippen molar-refractivity contribution in [2.24, 2.45) is 0 Å². The average Bonchev–Trinajstić information content (AvgIpc) is 3.18. The largest absolute Gasteiger partial charge is 0.329 e. The quantitative estimate of drug-likeness (QED) is 0.498. The Morgan fingerprint density at radius 3 is 2.47 bits per heavy atom. The fraction of sp³-hybridized carbons (Fsp3) is 0.200. The number of nitrogens with one attached hydrogen (secondary N) is 1. The summed E-state index contributed by atoms with van der Waals surface area (Å²) < 4.78 is 30.0. The van der Waals surface area contributed by atoms with Crippen LogP contribution >= 0.6 is 0 Å². The summed E-state index contributed by atoms with van der Waals surface area (Å²) >= 11 is 0. The molecule has 0 saturated carbocycles. The number of nitrogens with zero attached hydrogens (tertiary/aromatic N) is 2. The van der Waals surface area contributed by atoms with Gasteiger partial charge in [-0.05, 0) is 61.7 Å². The molecule has 2 heterocycles. The van der Waals surface area contributed by atoms with E-state index in [-0.39, 0.29) is 16.4 Å². The monoisotopic (exact) mass is 445 g/mol. The van der Waals surface area contributed by atoms with Gasteiger partial charge in [0.25, 0.3) is 15.6 Å². The fourth-order valence-corrected chi connectivity index (χ4v) is 5.38. The van der Waals surface area contributed by atoms with Crippen molar-refractivity contribution in [2.45, 2.75) is 37.1 Å². The predicted molar refractivity (Wildman–Crippen MR) is 125 cm³/mol. The first-order valence-corrected chi connectivity index (χ1v) is 12.1. The molecule has 0 spiro atoms. The Hall–Kier alpha value is -3.45. The average molecular weight is 446 g/mol. The topological polar surface area (TPSA) is 81.1 Å². The zero-order chi connectivity index (χ0) is 22.3. The fourth-order valence-electron chi connectivity index (χ4n) is 4.32. The third kappa shape index (κ3) is 3.80. The molecular weight excluding hydrogens is 422 g/mol. The van der Waals surface area contributed by atoms with E-state index in [2.05, 4.69) is 14.3 Å². The highest BCUT2D eigenvalue weighted by Crippen LogP contribution is 2.31. The number of hydrogen-bond donors (Lipinski definition) is 1. The minimum atomic E-state index is -3.63. The van der Waals surface area contributed by atoms with Crippen molar-refractivity contribution >= 4 is 26.6 Å². The maximum Gasteiger partial charge on any atom is 0.280 e. The first-order valence-electron chi connectivity index (χ1n) is 10.6. The van der Waals surface area contributed by atoms with Crippen LogP contribution in [0.3, 0.4) is 0 Å². The number of para-hydroxylation sites is 1. The summed E-state index contributed by atoms with van der Waals surface area (Å²) in [6.07, 6.45) is 1.66. The van der Waals surface area contributed by atoms with Gasteiger partial charge in [-0.2, -0.15) is 4.98 Å². The van der Waals surface area contributed by atoms with E-state index in [4.69, 9.17) is 0 Å². The summed E-state index contributed by atoms with van der Waals surface area (Å²) in [4.78, 5) is 17.1. The second kappa shape index (κ2) is 7.91. The molecule has 1 atom stereocenters. The number of hydrogen-bond acceptors (Lipinski definition) is 4. The molecule has 3 aromatic carbocycles. The molecule has 0 fully saturated rings. The first-order chi connectivity index (χ1) is 15.4. The molecule has 0 amide bonds. The minimum Gasteiger partial charge on any atom is -0.329 e. The summed E-state index contributed by atoms with van der Waals surface area (Å²) in [6, 6.07) is 21.8. The van der Waals surface area contributed by atoms with Gasteiger partial charge in [0.15, 0.2) is 0 Å². The van der Waals surface area contributed by atoms with Gasteiger partial charge in [0.2, 0.25) is 0 Å². The molecule has 162 valence electrons. The highest BCUT2D eigenvalue weighted by Gasteiger charge is 2.26. The standard InChI is InChI=1S/C25H23N3O3S/c1-17-6-12-21(13-7-17)32(30,31)27-20-10-8-18(9-11-20)16-19-14-15-28-23-5-3-2-4-22(23)25(29)26-24(19)28/h2-13,19,27H,14-16H2,1H3. The van der Waals surface area contributed by atoms with E-state index in [1.807, 2.05) is 43.3 Å². The van der Waals surface area contributed by atoms with Crippen molar-refractivity contribution in [2.75, 3.05) is 4.72 Å². The van der Waals surface area contributed by atoms with Crippen molar-refractivity contribution in [1.82, 2.24) is 9.55 Å². The summed E-state index contributed by atoms with van der Waals surface area (Å²) in [5.41, 5.74) is 3.35. The zero-order valence-electron chi connectivity index (χ0n) is 17.7. The number of aryl methyl sites for hydroxylation is 2. The van der Waals surface area contributed by atoms with Gasteiger partial charge < -0.3 is 4.57 Å². The Morgan fingerprint density at radius 2 is 1.72 bits per heavy atom. The number of fused-ring (bicyclic) bond motifs is 3. The van der Waals surface area contributed by atoms with E-state index in [9.17, 15) is 13.2 Å². The van der Waals surface area contributed by atoms with Gasteiger partial charge in [-0.25, -0.2) is 8.42 Å². The highest BCUT2D eigenvalue weighted by atomic mass is 32.2. The Labute approximate surface area is 186 Å². The lowest BCUT2D eigenvalue weighted by atomic mass is 9.97. The van der Waals surface area contributed by atoms with E-state index in [0.717, 1.165) is 41.9 Å². The molecule has 1 aliphatic heterocycles. The van der Waals surface area contributed by atoms with Crippen LogP contribution in [0.4, 0.5) is 5.69 Å². The van der Waals surface area contributed by atoms with Gasteiger partial charge in [0, 0.05) is 18.2 Å². The molecule has 6 nitrogen and oxygen atoms in total. The molecule has 1 N–H and O–H groups in total. The number of benzene rings is 3. The third-order valence-electron chi connectivity index (χ3n) is 6.00. The van der Waals surface area contributed by atoms with Gasteiger partial charge in [0.1, 0.15) is 5.82 Å². The van der Waals surface area contributed by atoms with Crippen LogP contribution in [-0.4, -0.2) is 18.0 Å². The van der Waals surface area contributed by atoms with Crippen LogP contribution in [0.5, 0.6) is 0 Å². The minimum absolute atomic E-state index is 0.155. The van der Waals surface area contributed by atoms with Crippen LogP contribution in [0.15, 0.2) is 82.5 Å². The van der Waals surface area contributed by atoms with Crippen LogP contribution < -0.4 is 10.3 Å². The SMILES string of the molecule is Cc1ccc(S(=O)(=O)Nc2ccc(CC3CCn4c3nc(=O)c3ccccc34)cc2)cc1. The molecule has 7 heteroatoms. The molecule has 32 heavy (non-hydrogen) atoms. The lowest BCUT2D eigenvalue weighted by molar-refractivity contribution is 0.601. The molecule has 4 aromatic rings.